The van der Waals surface area contributed by atoms with Gasteiger partial charge in [-0.15, -0.1) is 5.01 Å². The van der Waals surface area contributed by atoms with Gasteiger partial charge in [-0.25, -0.2) is 9.59 Å². The van der Waals surface area contributed by atoms with E-state index in [1.54, 1.807) is 34.6 Å². The molecule has 0 radical (unpaired) electrons. The highest BCUT2D eigenvalue weighted by molar-refractivity contribution is 5.84. The summed E-state index contributed by atoms with van der Waals surface area (Å²) in [5, 5.41) is 18.5. The lowest BCUT2D eigenvalue weighted by molar-refractivity contribution is -0.710. The van der Waals surface area contributed by atoms with E-state index in [9.17, 15) is 14.8 Å². The number of rotatable bonds is 8. The van der Waals surface area contributed by atoms with E-state index in [0.717, 1.165) is 0 Å². The van der Waals surface area contributed by atoms with Crippen molar-refractivity contribution in [3.63, 3.8) is 0 Å². The van der Waals surface area contributed by atoms with Gasteiger partial charge < -0.3 is 24.8 Å². The summed E-state index contributed by atoms with van der Waals surface area (Å²) >= 11 is 0. The molecule has 0 aliphatic rings. The smallest absolute Gasteiger partial charge is 0.408 e. The van der Waals surface area contributed by atoms with Crippen LogP contribution in [0.25, 0.3) is 0 Å². The Labute approximate surface area is 142 Å². The van der Waals surface area contributed by atoms with Crippen LogP contribution in [0.3, 0.4) is 0 Å². The number of carbonyl (C=O) groups excluding carboxylic acids is 2. The Morgan fingerprint density at radius 1 is 1.17 bits per heavy atom. The van der Waals surface area contributed by atoms with Crippen molar-refractivity contribution in [2.24, 2.45) is 5.28 Å². The number of hydrogen-bond donors (Lipinski definition) is 1. The number of esters is 1. The summed E-state index contributed by atoms with van der Waals surface area (Å²) < 4.78 is 9.90. The van der Waals surface area contributed by atoms with E-state index in [4.69, 9.17) is 9.47 Å². The molecule has 0 aliphatic heterocycles. The molecule has 1 N–H and O–H groups in total. The monoisotopic (exact) mass is 348 g/mol. The summed E-state index contributed by atoms with van der Waals surface area (Å²) in [6.45, 7) is 12.0. The van der Waals surface area contributed by atoms with Gasteiger partial charge in [0.15, 0.2) is 0 Å². The maximum absolute atomic E-state index is 11.9. The second-order valence-electron chi connectivity index (χ2n) is 6.40. The topological polar surface area (TPSA) is 116 Å². The summed E-state index contributed by atoms with van der Waals surface area (Å²) in [5.41, 5.74) is -2.02. The third-order valence-corrected chi connectivity index (χ3v) is 2.67. The molecular formula is C14H28N4O6. The molecule has 1 amide bonds. The van der Waals surface area contributed by atoms with E-state index in [0.29, 0.717) is 13.1 Å². The Bertz CT molecular complexity index is 455. The van der Waals surface area contributed by atoms with Gasteiger partial charge in [0, 0.05) is 0 Å². The van der Waals surface area contributed by atoms with E-state index in [1.807, 2.05) is 0 Å². The maximum atomic E-state index is 11.9. The molecule has 0 saturated carbocycles. The second kappa shape index (κ2) is 9.14. The average molecular weight is 348 g/mol. The van der Waals surface area contributed by atoms with E-state index >= 15 is 0 Å². The molecule has 0 spiro atoms. The van der Waals surface area contributed by atoms with Crippen LogP contribution in [0.2, 0.25) is 0 Å². The number of hydrogen-bond acceptors (Lipinski definition) is 7. The molecule has 0 aliphatic carbocycles. The number of carbonyl (C=O) groups is 2. The van der Waals surface area contributed by atoms with Crippen molar-refractivity contribution in [1.29, 1.82) is 0 Å². The minimum Gasteiger partial charge on any atom is -0.569 e. The third-order valence-electron chi connectivity index (χ3n) is 2.67. The first-order chi connectivity index (χ1) is 10.9. The van der Waals surface area contributed by atoms with Crippen LogP contribution >= 0.6 is 0 Å². The molecule has 0 aromatic heterocycles. The molecule has 0 aromatic rings. The third kappa shape index (κ3) is 8.39. The lowest BCUT2D eigenvalue weighted by Gasteiger charge is -2.26. The summed E-state index contributed by atoms with van der Waals surface area (Å²) in [6.07, 6.45) is -0.748. The van der Waals surface area contributed by atoms with Crippen molar-refractivity contribution < 1.29 is 28.9 Å². The average Bonchev–Trinajstić information content (AvgIpc) is 2.41. The highest BCUT2D eigenvalue weighted by Crippen LogP contribution is 2.10. The lowest BCUT2D eigenvalue weighted by Crippen LogP contribution is -2.52. The Kier molecular flexibility index (Phi) is 8.28. The van der Waals surface area contributed by atoms with Crippen molar-refractivity contribution in [2.75, 3.05) is 19.9 Å². The molecule has 0 bridgehead atoms. The van der Waals surface area contributed by atoms with E-state index in [1.165, 1.54) is 18.9 Å². The van der Waals surface area contributed by atoms with Crippen LogP contribution in [0, 0.1) is 5.21 Å². The molecular weight excluding hydrogens is 320 g/mol. The number of hydrazine groups is 1. The van der Waals surface area contributed by atoms with Crippen molar-refractivity contribution in [1.82, 2.24) is 10.3 Å². The van der Waals surface area contributed by atoms with Gasteiger partial charge in [-0.1, -0.05) is 0 Å². The Morgan fingerprint density at radius 2 is 1.71 bits per heavy atom. The molecule has 140 valence electrons. The lowest BCUT2D eigenvalue weighted by atomic mass is 10.1. The second-order valence-corrected chi connectivity index (χ2v) is 6.40. The standard InChI is InChI=1S/C14H28N4O6/c1-8-17(9-2)18(21)16-23-10-22-11(19)14(6,7)15-12(20)24-13(3,4)5/h8-10H2,1-7H3,(H,15,20)/b18-16-. The molecule has 0 atom stereocenters. The first-order valence-electron chi connectivity index (χ1n) is 7.66. The zero-order valence-corrected chi connectivity index (χ0v) is 15.4. The highest BCUT2D eigenvalue weighted by atomic mass is 16.8. The van der Waals surface area contributed by atoms with Crippen LogP contribution in [0.4, 0.5) is 4.79 Å². The fraction of sp³-hybridized carbons (Fsp3) is 0.857. The van der Waals surface area contributed by atoms with Gasteiger partial charge in [0.1, 0.15) is 11.1 Å². The van der Waals surface area contributed by atoms with Gasteiger partial charge >= 0.3 is 12.1 Å². The Morgan fingerprint density at radius 3 is 2.17 bits per heavy atom. The number of alkyl carbamates (subject to hydrolysis) is 1. The van der Waals surface area contributed by atoms with Crippen LogP contribution in [0.1, 0.15) is 48.5 Å². The molecule has 0 aromatic carbocycles. The van der Waals surface area contributed by atoms with E-state index < -0.39 is 30.0 Å². The zero-order chi connectivity index (χ0) is 19.0. The van der Waals surface area contributed by atoms with Crippen molar-refractivity contribution in [2.45, 2.75) is 59.6 Å². The molecule has 10 heteroatoms. The number of nitrogens with zero attached hydrogens (tertiary/aromatic N) is 3. The van der Waals surface area contributed by atoms with E-state index in [-0.39, 0.29) is 4.97 Å². The molecule has 0 heterocycles. The molecule has 0 rings (SSSR count). The first-order valence-corrected chi connectivity index (χ1v) is 7.66. The zero-order valence-electron chi connectivity index (χ0n) is 15.4. The van der Waals surface area contributed by atoms with Crippen molar-refractivity contribution >= 4 is 12.1 Å². The van der Waals surface area contributed by atoms with Gasteiger partial charge in [0.25, 0.3) is 6.79 Å². The van der Waals surface area contributed by atoms with Crippen LogP contribution in [0.15, 0.2) is 5.28 Å². The van der Waals surface area contributed by atoms with Gasteiger partial charge in [-0.2, -0.15) is 0 Å². The van der Waals surface area contributed by atoms with Crippen molar-refractivity contribution in [3.8, 4) is 0 Å². The molecule has 0 saturated heterocycles. The highest BCUT2D eigenvalue weighted by Gasteiger charge is 2.33. The summed E-state index contributed by atoms with van der Waals surface area (Å²) in [6, 6.07) is 0. The van der Waals surface area contributed by atoms with Crippen LogP contribution < -0.4 is 5.32 Å². The summed E-state index contributed by atoms with van der Waals surface area (Å²) in [7, 11) is 0. The van der Waals surface area contributed by atoms with Gasteiger partial charge in [-0.05, 0) is 48.5 Å². The van der Waals surface area contributed by atoms with Crippen LogP contribution in [-0.2, 0) is 19.1 Å². The normalized spacial score (nSPS) is 12.4. The Hall–Kier alpha value is -2.26. The van der Waals surface area contributed by atoms with Gasteiger partial charge in [-0.3, -0.25) is 0 Å². The summed E-state index contributed by atoms with van der Waals surface area (Å²) in [5.74, 6) is -0.760. The number of ether oxygens (including phenoxy) is 2. The fourth-order valence-corrected chi connectivity index (χ4v) is 1.46. The van der Waals surface area contributed by atoms with Gasteiger partial charge in [0.2, 0.25) is 5.28 Å². The van der Waals surface area contributed by atoms with E-state index in [2.05, 4.69) is 15.4 Å². The van der Waals surface area contributed by atoms with Crippen LogP contribution in [-0.4, -0.2) is 53.1 Å². The largest absolute Gasteiger partial charge is 0.569 e. The minimum absolute atomic E-state index is 0.276. The number of nitrogens with one attached hydrogen (secondary N) is 1. The SMILES string of the molecule is CCN(CC)/[N+]([O-])=N/OCOC(=O)C(C)(C)NC(=O)OC(C)(C)C. The quantitative estimate of drug-likeness (QED) is 0.178. The van der Waals surface area contributed by atoms with Crippen molar-refractivity contribution in [3.05, 3.63) is 5.21 Å². The minimum atomic E-state index is -1.33. The first kappa shape index (κ1) is 21.7. The maximum Gasteiger partial charge on any atom is 0.408 e. The predicted octanol–water partition coefficient (Wildman–Crippen LogP) is 1.94. The van der Waals surface area contributed by atoms with Crippen LogP contribution in [0.5, 0.6) is 0 Å². The molecule has 10 nitrogen and oxygen atoms in total. The Balaban J connectivity index is 4.40. The number of amides is 1. The molecule has 0 fully saturated rings. The molecule has 24 heavy (non-hydrogen) atoms. The molecule has 0 unspecified atom stereocenters. The fourth-order valence-electron chi connectivity index (χ4n) is 1.46. The summed E-state index contributed by atoms with van der Waals surface area (Å²) in [4.78, 5) is 28.6. The predicted molar refractivity (Wildman–Crippen MR) is 84.5 cm³/mol. The van der Waals surface area contributed by atoms with Gasteiger partial charge in [0.05, 0.1) is 18.1 Å².